The number of carbonyl (C=O) groups excluding carboxylic acids is 2. The largest absolute Gasteiger partial charge is 0.480 e. The third-order valence-electron chi connectivity index (χ3n) is 5.23. The number of nitrogens with zero attached hydrogens (tertiary/aromatic N) is 1. The second kappa shape index (κ2) is 5.92. The quantitative estimate of drug-likeness (QED) is 0.859. The van der Waals surface area contributed by atoms with Crippen molar-refractivity contribution in [2.45, 2.75) is 24.2 Å². The van der Waals surface area contributed by atoms with Crippen molar-refractivity contribution >= 4 is 17.9 Å². The highest BCUT2D eigenvalue weighted by Crippen LogP contribution is 2.56. The number of nitrogens with one attached hydrogen (secondary N) is 1. The molecular weight excluding hydrogens is 348 g/mol. The Bertz CT molecular complexity index is 875. The summed E-state index contributed by atoms with van der Waals surface area (Å²) in [4.78, 5) is 37.6. The molecule has 2 aromatic rings. The summed E-state index contributed by atoms with van der Waals surface area (Å²) in [5.74, 6) is -1.73. The first-order valence-corrected chi connectivity index (χ1v) is 8.54. The standard InChI is InChI=1S/C20H18N2O5/c1-19-16(22(12-15(23)24)18(26)21-17(19)25)20(27-19,13-8-4-2-5-9-13)14-10-6-3-7-11-14/h2-11,16H,12H2,1H3,(H,23,24)(H,21,25,26). The molecule has 0 spiro atoms. The van der Waals surface area contributed by atoms with Crippen LogP contribution in [0.2, 0.25) is 0 Å². The summed E-state index contributed by atoms with van der Waals surface area (Å²) in [5, 5.41) is 11.5. The molecule has 2 aliphatic rings. The number of imide groups is 1. The molecule has 2 N–H and O–H groups in total. The molecule has 0 bridgehead atoms. The van der Waals surface area contributed by atoms with Gasteiger partial charge in [-0.3, -0.25) is 14.9 Å². The van der Waals surface area contributed by atoms with Crippen LogP contribution in [0, 0.1) is 0 Å². The Kier molecular flexibility index (Phi) is 3.78. The number of hydrogen-bond acceptors (Lipinski definition) is 4. The normalized spacial score (nSPS) is 26.0. The van der Waals surface area contributed by atoms with Gasteiger partial charge in [0.05, 0.1) is 0 Å². The van der Waals surface area contributed by atoms with Crippen LogP contribution in [0.25, 0.3) is 0 Å². The molecule has 0 aliphatic carbocycles. The van der Waals surface area contributed by atoms with Crippen molar-refractivity contribution in [1.29, 1.82) is 0 Å². The maximum atomic E-state index is 12.5. The maximum absolute atomic E-state index is 12.5. The molecule has 2 saturated heterocycles. The van der Waals surface area contributed by atoms with E-state index in [2.05, 4.69) is 5.32 Å². The van der Waals surface area contributed by atoms with Crippen LogP contribution in [-0.4, -0.2) is 46.1 Å². The van der Waals surface area contributed by atoms with Crippen molar-refractivity contribution in [3.8, 4) is 0 Å². The van der Waals surface area contributed by atoms with E-state index >= 15 is 0 Å². The van der Waals surface area contributed by atoms with E-state index in [0.29, 0.717) is 0 Å². The van der Waals surface area contributed by atoms with E-state index < -0.39 is 41.7 Å². The van der Waals surface area contributed by atoms with E-state index in [1.807, 2.05) is 60.7 Å². The summed E-state index contributed by atoms with van der Waals surface area (Å²) in [6, 6.07) is 16.9. The van der Waals surface area contributed by atoms with Crippen LogP contribution in [-0.2, 0) is 19.9 Å². The van der Waals surface area contributed by atoms with Crippen LogP contribution < -0.4 is 5.32 Å². The molecule has 0 aromatic heterocycles. The van der Waals surface area contributed by atoms with Crippen LogP contribution in [0.1, 0.15) is 18.1 Å². The number of hydrogen-bond donors (Lipinski definition) is 2. The van der Waals surface area contributed by atoms with Crippen molar-refractivity contribution in [2.75, 3.05) is 6.54 Å². The fraction of sp³-hybridized carbons (Fsp3) is 0.250. The average Bonchev–Trinajstić information content (AvgIpc) is 2.65. The lowest BCUT2D eigenvalue weighted by atomic mass is 9.65. The second-order valence-corrected chi connectivity index (χ2v) is 6.86. The number of urea groups is 1. The number of amides is 3. The smallest absolute Gasteiger partial charge is 0.325 e. The highest BCUT2D eigenvalue weighted by Gasteiger charge is 2.72. The van der Waals surface area contributed by atoms with Gasteiger partial charge in [0, 0.05) is 0 Å². The topological polar surface area (TPSA) is 95.9 Å². The highest BCUT2D eigenvalue weighted by molar-refractivity contribution is 6.04. The van der Waals surface area contributed by atoms with E-state index in [9.17, 15) is 19.5 Å². The molecule has 27 heavy (non-hydrogen) atoms. The molecule has 138 valence electrons. The molecule has 7 nitrogen and oxygen atoms in total. The number of rotatable bonds is 4. The number of carboxylic acid groups (broad SMARTS) is 1. The molecule has 0 saturated carbocycles. The van der Waals surface area contributed by atoms with Crippen molar-refractivity contribution in [2.24, 2.45) is 0 Å². The lowest BCUT2D eigenvalue weighted by Gasteiger charge is -2.64. The van der Waals surface area contributed by atoms with Crippen LogP contribution in [0.5, 0.6) is 0 Å². The Morgan fingerprint density at radius 2 is 1.59 bits per heavy atom. The van der Waals surface area contributed by atoms with Gasteiger partial charge in [-0.15, -0.1) is 0 Å². The Balaban J connectivity index is 1.93. The summed E-state index contributed by atoms with van der Waals surface area (Å²) in [7, 11) is 0. The minimum absolute atomic E-state index is 0.538. The van der Waals surface area contributed by atoms with Gasteiger partial charge < -0.3 is 14.7 Å². The van der Waals surface area contributed by atoms with Gasteiger partial charge in [0.25, 0.3) is 5.91 Å². The van der Waals surface area contributed by atoms with Gasteiger partial charge in [-0.2, -0.15) is 0 Å². The van der Waals surface area contributed by atoms with Crippen molar-refractivity contribution in [3.05, 3.63) is 71.8 Å². The van der Waals surface area contributed by atoms with Crippen LogP contribution in [0.3, 0.4) is 0 Å². The molecule has 0 radical (unpaired) electrons. The number of aliphatic carboxylic acids is 1. The second-order valence-electron chi connectivity index (χ2n) is 6.86. The Morgan fingerprint density at radius 1 is 1.07 bits per heavy atom. The molecule has 2 unspecified atom stereocenters. The zero-order chi connectivity index (χ0) is 19.2. The average molecular weight is 366 g/mol. The van der Waals surface area contributed by atoms with Crippen LogP contribution in [0.15, 0.2) is 60.7 Å². The first-order valence-electron chi connectivity index (χ1n) is 8.54. The van der Waals surface area contributed by atoms with E-state index in [0.717, 1.165) is 11.1 Å². The summed E-state index contributed by atoms with van der Waals surface area (Å²) in [5.41, 5.74) is -0.997. The first kappa shape index (κ1) is 17.2. The molecule has 3 amide bonds. The summed E-state index contributed by atoms with van der Waals surface area (Å²) >= 11 is 0. The fourth-order valence-corrected chi connectivity index (χ4v) is 4.15. The predicted octanol–water partition coefficient (Wildman–Crippen LogP) is 1.72. The number of carbonyl (C=O) groups is 3. The molecular formula is C20H18N2O5. The number of carboxylic acids is 1. The van der Waals surface area contributed by atoms with Crippen LogP contribution in [0.4, 0.5) is 4.79 Å². The van der Waals surface area contributed by atoms with Gasteiger partial charge in [0.15, 0.2) is 5.60 Å². The molecule has 2 fully saturated rings. The van der Waals surface area contributed by atoms with E-state index in [1.54, 1.807) is 6.92 Å². The van der Waals surface area contributed by atoms with Gasteiger partial charge >= 0.3 is 12.0 Å². The number of fused-ring (bicyclic) bond motifs is 1. The maximum Gasteiger partial charge on any atom is 0.325 e. The lowest BCUT2D eigenvalue weighted by Crippen LogP contribution is -2.84. The van der Waals surface area contributed by atoms with Crippen molar-refractivity contribution in [3.63, 3.8) is 0 Å². The molecule has 7 heteroatoms. The summed E-state index contributed by atoms with van der Waals surface area (Å²) in [6.45, 7) is 1.04. The van der Waals surface area contributed by atoms with Gasteiger partial charge in [-0.05, 0) is 18.1 Å². The lowest BCUT2D eigenvalue weighted by molar-refractivity contribution is -0.292. The third kappa shape index (κ3) is 2.35. The van der Waals surface area contributed by atoms with Crippen LogP contribution >= 0.6 is 0 Å². The van der Waals surface area contributed by atoms with Gasteiger partial charge in [0.2, 0.25) is 0 Å². The zero-order valence-electron chi connectivity index (χ0n) is 14.6. The minimum Gasteiger partial charge on any atom is -0.480 e. The first-order chi connectivity index (χ1) is 12.9. The zero-order valence-corrected chi connectivity index (χ0v) is 14.6. The Labute approximate surface area is 155 Å². The summed E-state index contributed by atoms with van der Waals surface area (Å²) in [6.07, 6.45) is 0. The highest BCUT2D eigenvalue weighted by atomic mass is 16.6. The Hall–Kier alpha value is -3.19. The summed E-state index contributed by atoms with van der Waals surface area (Å²) < 4.78 is 6.26. The molecule has 4 rings (SSSR count). The molecule has 2 aliphatic heterocycles. The minimum atomic E-state index is -1.35. The van der Waals surface area contributed by atoms with E-state index in [4.69, 9.17) is 4.74 Å². The van der Waals surface area contributed by atoms with E-state index in [-0.39, 0.29) is 0 Å². The van der Waals surface area contributed by atoms with Gasteiger partial charge in [0.1, 0.15) is 18.2 Å². The fourth-order valence-electron chi connectivity index (χ4n) is 4.15. The van der Waals surface area contributed by atoms with Gasteiger partial charge in [-0.1, -0.05) is 60.7 Å². The number of benzene rings is 2. The van der Waals surface area contributed by atoms with Crippen molar-refractivity contribution < 1.29 is 24.2 Å². The predicted molar refractivity (Wildman–Crippen MR) is 94.8 cm³/mol. The number of ether oxygens (including phenoxy) is 1. The van der Waals surface area contributed by atoms with Crippen molar-refractivity contribution in [1.82, 2.24) is 10.2 Å². The van der Waals surface area contributed by atoms with E-state index in [1.165, 1.54) is 4.90 Å². The Morgan fingerprint density at radius 3 is 2.07 bits per heavy atom. The third-order valence-corrected chi connectivity index (χ3v) is 5.23. The molecule has 2 heterocycles. The monoisotopic (exact) mass is 366 g/mol. The SMILES string of the molecule is CC12OC(c3ccccc3)(c3ccccc3)C1N(CC(=O)O)C(=O)NC2=O. The molecule has 2 atom stereocenters. The van der Waals surface area contributed by atoms with Gasteiger partial charge in [-0.25, -0.2) is 4.79 Å². The molecule has 2 aromatic carbocycles.